The summed E-state index contributed by atoms with van der Waals surface area (Å²) in [4.78, 5) is 35.3. The molecule has 2 aromatic carbocycles. The van der Waals surface area contributed by atoms with Crippen LogP contribution < -0.4 is 24.8 Å². The van der Waals surface area contributed by atoms with E-state index in [0.29, 0.717) is 30.1 Å². The molecule has 2 fully saturated rings. The molecule has 14 heteroatoms. The van der Waals surface area contributed by atoms with Gasteiger partial charge in [-0.3, -0.25) is 9.59 Å². The number of nitrogens with zero attached hydrogens (tertiary/aromatic N) is 2. The van der Waals surface area contributed by atoms with Crippen molar-refractivity contribution >= 4 is 35.0 Å². The third kappa shape index (κ3) is 8.54. The molecule has 262 valence electrons. The standard InChI is InChI=1S/C36H34Cl2F2N4O6/c1-48-30-7-5-21(14-27(30)40)28(44-34(47)32-25(38)9-11-42-36(32)49-17-19-2-3-19)15-22-13-23(22)18-50-35-31(24(37)8-10-41-35)33(46)43-16-20-4-6-29(45)26(39)12-20/h4-12,14,19,22-23,28,45H,2-3,13,15-18H2,1H3,(H,43,46)(H,44,47). The number of halogens is 4. The molecule has 2 saturated carbocycles. The van der Waals surface area contributed by atoms with Crippen LogP contribution in [0, 0.1) is 29.4 Å². The molecule has 2 aliphatic carbocycles. The summed E-state index contributed by atoms with van der Waals surface area (Å²) in [5.41, 5.74) is 1.10. The maximum atomic E-state index is 14.9. The molecule has 0 saturated heterocycles. The number of hydrogen-bond donors (Lipinski definition) is 3. The van der Waals surface area contributed by atoms with Gasteiger partial charge in [-0.1, -0.05) is 35.3 Å². The number of nitrogens with one attached hydrogen (secondary N) is 2. The first-order chi connectivity index (χ1) is 24.1. The molecule has 2 heterocycles. The number of rotatable bonds is 15. The number of aromatic nitrogens is 2. The van der Waals surface area contributed by atoms with Crippen LogP contribution in [0.3, 0.4) is 0 Å². The lowest BCUT2D eigenvalue weighted by Gasteiger charge is -2.21. The van der Waals surface area contributed by atoms with Crippen LogP contribution >= 0.6 is 23.2 Å². The van der Waals surface area contributed by atoms with Crippen LogP contribution in [-0.2, 0) is 6.54 Å². The third-order valence-electron chi connectivity index (χ3n) is 8.73. The summed E-state index contributed by atoms with van der Waals surface area (Å²) in [5.74, 6) is -2.15. The molecule has 3 N–H and O–H groups in total. The molecule has 0 bridgehead atoms. The molecule has 50 heavy (non-hydrogen) atoms. The van der Waals surface area contributed by atoms with Gasteiger partial charge in [0.15, 0.2) is 23.1 Å². The number of pyridine rings is 2. The van der Waals surface area contributed by atoms with Gasteiger partial charge in [0.1, 0.15) is 11.1 Å². The Labute approximate surface area is 297 Å². The van der Waals surface area contributed by atoms with Gasteiger partial charge in [0.05, 0.1) is 36.4 Å². The quantitative estimate of drug-likeness (QED) is 0.119. The molecule has 2 aromatic heterocycles. The Morgan fingerprint density at radius 2 is 1.58 bits per heavy atom. The molecule has 0 spiro atoms. The van der Waals surface area contributed by atoms with Crippen LogP contribution in [0.25, 0.3) is 0 Å². The van der Waals surface area contributed by atoms with Gasteiger partial charge < -0.3 is 30.0 Å². The van der Waals surface area contributed by atoms with Crippen molar-refractivity contribution in [2.75, 3.05) is 20.3 Å². The van der Waals surface area contributed by atoms with Gasteiger partial charge in [0.25, 0.3) is 11.8 Å². The fourth-order valence-corrected chi connectivity index (χ4v) is 6.03. The van der Waals surface area contributed by atoms with Crippen LogP contribution in [0.1, 0.15) is 63.6 Å². The molecule has 0 aliphatic heterocycles. The Morgan fingerprint density at radius 3 is 2.22 bits per heavy atom. The zero-order valence-corrected chi connectivity index (χ0v) is 28.4. The lowest BCUT2D eigenvalue weighted by Crippen LogP contribution is -2.30. The van der Waals surface area contributed by atoms with E-state index in [1.165, 1.54) is 55.9 Å². The topological polar surface area (TPSA) is 132 Å². The van der Waals surface area contributed by atoms with Crippen molar-refractivity contribution in [1.29, 1.82) is 0 Å². The van der Waals surface area contributed by atoms with Gasteiger partial charge in [0, 0.05) is 18.9 Å². The van der Waals surface area contributed by atoms with Crippen molar-refractivity contribution in [1.82, 2.24) is 20.6 Å². The largest absolute Gasteiger partial charge is 0.505 e. The van der Waals surface area contributed by atoms with Crippen molar-refractivity contribution in [2.24, 2.45) is 17.8 Å². The fraction of sp³-hybridized carbons (Fsp3) is 0.333. The molecular weight excluding hydrogens is 693 g/mol. The molecule has 0 radical (unpaired) electrons. The SMILES string of the molecule is COc1ccc(C(CC2CC2COc2nccc(Cl)c2C(=O)NCc2ccc(O)c(F)c2)NC(=O)c2c(Cl)ccnc2OCC2CC2)cc1F. The number of aromatic hydroxyl groups is 1. The lowest BCUT2D eigenvalue weighted by atomic mass is 9.99. The zero-order chi connectivity index (χ0) is 35.4. The fourth-order valence-electron chi connectivity index (χ4n) is 5.58. The summed E-state index contributed by atoms with van der Waals surface area (Å²) >= 11 is 12.8. The summed E-state index contributed by atoms with van der Waals surface area (Å²) < 4.78 is 45.5. The highest BCUT2D eigenvalue weighted by atomic mass is 35.5. The first kappa shape index (κ1) is 35.2. The first-order valence-corrected chi connectivity index (χ1v) is 16.8. The van der Waals surface area contributed by atoms with E-state index in [0.717, 1.165) is 25.3 Å². The highest BCUT2D eigenvalue weighted by molar-refractivity contribution is 6.34. The van der Waals surface area contributed by atoms with E-state index < -0.39 is 35.2 Å². The summed E-state index contributed by atoms with van der Waals surface area (Å²) in [6.45, 7) is 0.614. The Hall–Kier alpha value is -4.68. The number of hydrogen-bond acceptors (Lipinski definition) is 8. The van der Waals surface area contributed by atoms with Crippen LogP contribution in [0.5, 0.6) is 23.3 Å². The number of amides is 2. The minimum Gasteiger partial charge on any atom is -0.505 e. The second-order valence-corrected chi connectivity index (χ2v) is 13.2. The van der Waals surface area contributed by atoms with Crippen molar-refractivity contribution in [3.05, 3.63) is 105 Å². The van der Waals surface area contributed by atoms with Crippen LogP contribution in [-0.4, -0.2) is 47.2 Å². The summed E-state index contributed by atoms with van der Waals surface area (Å²) in [6, 6.07) is 10.7. The van der Waals surface area contributed by atoms with E-state index >= 15 is 0 Å². The maximum Gasteiger partial charge on any atom is 0.258 e. The maximum absolute atomic E-state index is 14.9. The number of phenolic OH excluding ortho intramolecular Hbond substituents is 1. The Balaban J connectivity index is 1.13. The lowest BCUT2D eigenvalue weighted by molar-refractivity contribution is 0.0925. The summed E-state index contributed by atoms with van der Waals surface area (Å²) in [5, 5.41) is 15.4. The molecule has 10 nitrogen and oxygen atoms in total. The Morgan fingerprint density at radius 1 is 0.900 bits per heavy atom. The van der Waals surface area contributed by atoms with E-state index in [4.69, 9.17) is 37.4 Å². The van der Waals surface area contributed by atoms with Gasteiger partial charge in [-0.2, -0.15) is 0 Å². The zero-order valence-electron chi connectivity index (χ0n) is 26.9. The van der Waals surface area contributed by atoms with Crippen LogP contribution in [0.2, 0.25) is 10.0 Å². The van der Waals surface area contributed by atoms with Gasteiger partial charge in [-0.15, -0.1) is 0 Å². The summed E-state index contributed by atoms with van der Waals surface area (Å²) in [6.07, 6.45) is 6.21. The normalized spacial score (nSPS) is 17.1. The molecule has 2 aliphatic rings. The van der Waals surface area contributed by atoms with Crippen molar-refractivity contribution < 1.29 is 37.7 Å². The number of ether oxygens (including phenoxy) is 3. The minimum atomic E-state index is -0.804. The van der Waals surface area contributed by atoms with E-state index in [-0.39, 0.29) is 63.7 Å². The molecular formula is C36H34Cl2F2N4O6. The second kappa shape index (κ2) is 15.5. The molecule has 3 atom stereocenters. The monoisotopic (exact) mass is 726 g/mol. The minimum absolute atomic E-state index is 0.0249. The highest BCUT2D eigenvalue weighted by Gasteiger charge is 2.40. The van der Waals surface area contributed by atoms with Gasteiger partial charge in [-0.05, 0) is 91.0 Å². The van der Waals surface area contributed by atoms with Crippen molar-refractivity contribution in [3.63, 3.8) is 0 Å². The number of carbonyl (C=O) groups excluding carboxylic acids is 2. The molecule has 3 unspecified atom stereocenters. The van der Waals surface area contributed by atoms with E-state index in [1.54, 1.807) is 6.07 Å². The predicted octanol–water partition coefficient (Wildman–Crippen LogP) is 7.07. The Kier molecular flexibility index (Phi) is 10.9. The molecule has 6 rings (SSSR count). The van der Waals surface area contributed by atoms with E-state index in [9.17, 15) is 23.5 Å². The smallest absolute Gasteiger partial charge is 0.258 e. The molecule has 2 amide bonds. The number of carbonyl (C=O) groups is 2. The van der Waals surface area contributed by atoms with Crippen LogP contribution in [0.4, 0.5) is 8.78 Å². The number of phenols is 1. The van der Waals surface area contributed by atoms with Gasteiger partial charge in [0.2, 0.25) is 11.8 Å². The number of methoxy groups -OCH3 is 1. The number of benzene rings is 2. The van der Waals surface area contributed by atoms with Gasteiger partial charge in [-0.25, -0.2) is 18.7 Å². The van der Waals surface area contributed by atoms with E-state index in [1.807, 2.05) is 0 Å². The summed E-state index contributed by atoms with van der Waals surface area (Å²) in [7, 11) is 1.38. The van der Waals surface area contributed by atoms with E-state index in [2.05, 4.69) is 20.6 Å². The second-order valence-electron chi connectivity index (χ2n) is 12.4. The van der Waals surface area contributed by atoms with Gasteiger partial charge >= 0.3 is 0 Å². The average Bonchev–Trinajstić information content (AvgIpc) is 4.04. The third-order valence-corrected chi connectivity index (χ3v) is 9.36. The Bertz CT molecular complexity index is 1900. The van der Waals surface area contributed by atoms with Crippen molar-refractivity contribution in [3.8, 4) is 23.3 Å². The average molecular weight is 728 g/mol. The highest BCUT2D eigenvalue weighted by Crippen LogP contribution is 2.45. The predicted molar refractivity (Wildman–Crippen MR) is 181 cm³/mol. The van der Waals surface area contributed by atoms with Crippen LogP contribution in [0.15, 0.2) is 60.9 Å². The molecule has 4 aromatic rings. The van der Waals surface area contributed by atoms with Crippen molar-refractivity contribution in [2.45, 2.75) is 38.3 Å². The first-order valence-electron chi connectivity index (χ1n) is 16.1.